The molecule has 1 saturated heterocycles. The lowest BCUT2D eigenvalue weighted by molar-refractivity contribution is -0.149. The normalized spacial score (nSPS) is 26.0. The van der Waals surface area contributed by atoms with Crippen LogP contribution < -0.4 is 5.32 Å². The van der Waals surface area contributed by atoms with Gasteiger partial charge in [-0.05, 0) is 49.3 Å². The SMILES string of the molecule is CC1CCC2(CC1)NC(=O)N(CC(=O)OCc1cccc(F)c1)C2=O. The molecule has 1 aliphatic heterocycles. The zero-order valence-electron chi connectivity index (χ0n) is 14.1. The lowest BCUT2D eigenvalue weighted by Crippen LogP contribution is -2.49. The van der Waals surface area contributed by atoms with Crippen molar-refractivity contribution < 1.29 is 23.5 Å². The highest BCUT2D eigenvalue weighted by atomic mass is 19.1. The molecule has 0 bridgehead atoms. The van der Waals surface area contributed by atoms with Crippen molar-refractivity contribution in [1.82, 2.24) is 10.2 Å². The number of esters is 1. The van der Waals surface area contributed by atoms with Crippen LogP contribution in [0.2, 0.25) is 0 Å². The van der Waals surface area contributed by atoms with E-state index in [1.807, 2.05) is 0 Å². The molecule has 1 aromatic carbocycles. The van der Waals surface area contributed by atoms with E-state index >= 15 is 0 Å². The molecule has 0 unspecified atom stereocenters. The highest BCUT2D eigenvalue weighted by Crippen LogP contribution is 2.36. The second-order valence-corrected chi connectivity index (χ2v) is 6.88. The molecule has 134 valence electrons. The van der Waals surface area contributed by atoms with Gasteiger partial charge in [0, 0.05) is 0 Å². The van der Waals surface area contributed by atoms with Crippen LogP contribution in [0.25, 0.3) is 0 Å². The third-order valence-corrected chi connectivity index (χ3v) is 4.95. The maximum absolute atomic E-state index is 13.1. The Labute approximate surface area is 145 Å². The summed E-state index contributed by atoms with van der Waals surface area (Å²) in [6.07, 6.45) is 2.91. The van der Waals surface area contributed by atoms with Gasteiger partial charge in [-0.25, -0.2) is 9.18 Å². The van der Waals surface area contributed by atoms with Gasteiger partial charge >= 0.3 is 12.0 Å². The first-order chi connectivity index (χ1) is 11.9. The molecular weight excluding hydrogens is 327 g/mol. The minimum absolute atomic E-state index is 0.108. The number of carbonyl (C=O) groups is 3. The minimum Gasteiger partial charge on any atom is -0.459 e. The molecule has 7 heteroatoms. The largest absolute Gasteiger partial charge is 0.459 e. The van der Waals surface area contributed by atoms with Crippen LogP contribution in [0.5, 0.6) is 0 Å². The number of ether oxygens (including phenoxy) is 1. The number of amides is 3. The number of urea groups is 1. The maximum atomic E-state index is 13.1. The van der Waals surface area contributed by atoms with E-state index in [-0.39, 0.29) is 12.5 Å². The number of imide groups is 1. The molecule has 0 aromatic heterocycles. The van der Waals surface area contributed by atoms with Gasteiger partial charge < -0.3 is 10.1 Å². The van der Waals surface area contributed by atoms with Gasteiger partial charge in [0.25, 0.3) is 5.91 Å². The van der Waals surface area contributed by atoms with E-state index in [4.69, 9.17) is 4.74 Å². The van der Waals surface area contributed by atoms with Gasteiger partial charge in [0.05, 0.1) is 0 Å². The summed E-state index contributed by atoms with van der Waals surface area (Å²) in [4.78, 5) is 37.7. The van der Waals surface area contributed by atoms with Gasteiger partial charge in [0.15, 0.2) is 0 Å². The van der Waals surface area contributed by atoms with Crippen LogP contribution in [-0.2, 0) is 20.9 Å². The number of halogens is 1. The van der Waals surface area contributed by atoms with Crippen molar-refractivity contribution in [3.8, 4) is 0 Å². The Morgan fingerprint density at radius 3 is 2.76 bits per heavy atom. The molecule has 1 saturated carbocycles. The van der Waals surface area contributed by atoms with Gasteiger partial charge in [-0.1, -0.05) is 19.1 Å². The van der Waals surface area contributed by atoms with Gasteiger partial charge in [0.2, 0.25) is 0 Å². The minimum atomic E-state index is -0.869. The molecule has 1 heterocycles. The zero-order chi connectivity index (χ0) is 18.0. The number of hydrogen-bond donors (Lipinski definition) is 1. The summed E-state index contributed by atoms with van der Waals surface area (Å²) in [5.74, 6) is -0.946. The lowest BCUT2D eigenvalue weighted by Gasteiger charge is -2.33. The van der Waals surface area contributed by atoms with E-state index in [1.54, 1.807) is 6.07 Å². The Morgan fingerprint density at radius 2 is 2.08 bits per heavy atom. The summed E-state index contributed by atoms with van der Waals surface area (Å²) >= 11 is 0. The van der Waals surface area contributed by atoms with Crippen molar-refractivity contribution in [3.63, 3.8) is 0 Å². The second kappa shape index (κ2) is 6.82. The number of nitrogens with one attached hydrogen (secondary N) is 1. The molecule has 3 rings (SSSR count). The van der Waals surface area contributed by atoms with Crippen LogP contribution in [0.4, 0.5) is 9.18 Å². The molecule has 0 radical (unpaired) electrons. The van der Waals surface area contributed by atoms with Crippen LogP contribution in [0.3, 0.4) is 0 Å². The molecule has 25 heavy (non-hydrogen) atoms. The fraction of sp³-hybridized carbons (Fsp3) is 0.500. The average Bonchev–Trinajstić information content (AvgIpc) is 2.80. The van der Waals surface area contributed by atoms with Crippen molar-refractivity contribution in [2.75, 3.05) is 6.54 Å². The van der Waals surface area contributed by atoms with Gasteiger partial charge in [-0.15, -0.1) is 0 Å². The fourth-order valence-corrected chi connectivity index (χ4v) is 3.38. The molecular formula is C18H21FN2O4. The van der Waals surface area contributed by atoms with E-state index in [2.05, 4.69) is 12.2 Å². The molecule has 0 atom stereocenters. The van der Waals surface area contributed by atoms with E-state index in [9.17, 15) is 18.8 Å². The average molecular weight is 348 g/mol. The third kappa shape index (κ3) is 3.65. The van der Waals surface area contributed by atoms with E-state index < -0.39 is 29.9 Å². The fourth-order valence-electron chi connectivity index (χ4n) is 3.38. The summed E-state index contributed by atoms with van der Waals surface area (Å²) in [6, 6.07) is 5.15. The van der Waals surface area contributed by atoms with E-state index in [1.165, 1.54) is 18.2 Å². The van der Waals surface area contributed by atoms with Crippen molar-refractivity contribution >= 4 is 17.9 Å². The Hall–Kier alpha value is -2.44. The molecule has 1 N–H and O–H groups in total. The number of benzene rings is 1. The highest BCUT2D eigenvalue weighted by molar-refractivity contribution is 6.08. The van der Waals surface area contributed by atoms with Crippen LogP contribution in [0, 0.1) is 11.7 Å². The number of carbonyl (C=O) groups excluding carboxylic acids is 3. The summed E-state index contributed by atoms with van der Waals surface area (Å²) in [5, 5.41) is 2.76. The first kappa shape index (κ1) is 17.4. The van der Waals surface area contributed by atoms with E-state index in [0.29, 0.717) is 24.3 Å². The lowest BCUT2D eigenvalue weighted by atomic mass is 9.77. The first-order valence-electron chi connectivity index (χ1n) is 8.44. The quantitative estimate of drug-likeness (QED) is 0.669. The standard InChI is InChI=1S/C18H21FN2O4/c1-12-5-7-18(8-6-12)16(23)21(17(24)20-18)10-15(22)25-11-13-3-2-4-14(19)9-13/h2-4,9,12H,5-8,10-11H2,1H3,(H,20,24). The zero-order valence-corrected chi connectivity index (χ0v) is 14.1. The first-order valence-corrected chi connectivity index (χ1v) is 8.44. The number of nitrogens with zero attached hydrogens (tertiary/aromatic N) is 1. The smallest absolute Gasteiger partial charge is 0.326 e. The van der Waals surface area contributed by atoms with Crippen LogP contribution >= 0.6 is 0 Å². The van der Waals surface area contributed by atoms with Gasteiger partial charge in [-0.2, -0.15) is 0 Å². The van der Waals surface area contributed by atoms with Crippen LogP contribution in [-0.4, -0.2) is 34.9 Å². The predicted molar refractivity (Wildman–Crippen MR) is 86.8 cm³/mol. The van der Waals surface area contributed by atoms with Crippen molar-refractivity contribution in [2.24, 2.45) is 5.92 Å². The molecule has 2 aliphatic rings. The monoisotopic (exact) mass is 348 g/mol. The number of rotatable bonds is 4. The van der Waals surface area contributed by atoms with E-state index in [0.717, 1.165) is 17.7 Å². The predicted octanol–water partition coefficient (Wildman–Crippen LogP) is 2.37. The topological polar surface area (TPSA) is 75.7 Å². The Morgan fingerprint density at radius 1 is 1.36 bits per heavy atom. The molecule has 1 aliphatic carbocycles. The summed E-state index contributed by atoms with van der Waals surface area (Å²) < 4.78 is 18.2. The highest BCUT2D eigenvalue weighted by Gasteiger charge is 2.52. The van der Waals surface area contributed by atoms with Crippen molar-refractivity contribution in [2.45, 2.75) is 44.8 Å². The van der Waals surface area contributed by atoms with Gasteiger partial charge in [-0.3, -0.25) is 14.5 Å². The summed E-state index contributed by atoms with van der Waals surface area (Å²) in [6.45, 7) is 1.58. The Bertz CT molecular complexity index is 698. The Balaban J connectivity index is 1.58. The molecule has 2 fully saturated rings. The maximum Gasteiger partial charge on any atom is 0.326 e. The van der Waals surface area contributed by atoms with Gasteiger partial charge in [0.1, 0.15) is 24.5 Å². The Kier molecular flexibility index (Phi) is 4.74. The third-order valence-electron chi connectivity index (χ3n) is 4.95. The molecule has 1 spiro atoms. The second-order valence-electron chi connectivity index (χ2n) is 6.88. The molecule has 6 nitrogen and oxygen atoms in total. The molecule has 3 amide bonds. The molecule has 1 aromatic rings. The van der Waals surface area contributed by atoms with Crippen LogP contribution in [0.15, 0.2) is 24.3 Å². The van der Waals surface area contributed by atoms with Crippen molar-refractivity contribution in [1.29, 1.82) is 0 Å². The number of hydrogen-bond acceptors (Lipinski definition) is 4. The van der Waals surface area contributed by atoms with Crippen LogP contribution in [0.1, 0.15) is 38.2 Å². The summed E-state index contributed by atoms with van der Waals surface area (Å²) in [7, 11) is 0. The summed E-state index contributed by atoms with van der Waals surface area (Å²) in [5.41, 5.74) is -0.366. The van der Waals surface area contributed by atoms with Crippen molar-refractivity contribution in [3.05, 3.63) is 35.6 Å².